The van der Waals surface area contributed by atoms with Crippen molar-refractivity contribution in [1.29, 1.82) is 0 Å². The fourth-order valence-corrected chi connectivity index (χ4v) is 2.79. The van der Waals surface area contributed by atoms with E-state index in [0.29, 0.717) is 16.4 Å². The molecule has 0 unspecified atom stereocenters. The average Bonchev–Trinajstić information content (AvgIpc) is 2.93. The third-order valence-corrected chi connectivity index (χ3v) is 4.23. The number of nitrogens with zero attached hydrogens (tertiary/aromatic N) is 1. The highest BCUT2D eigenvalue weighted by Gasteiger charge is 2.09. The van der Waals surface area contributed by atoms with Crippen LogP contribution in [0.3, 0.4) is 0 Å². The number of thiazole rings is 1. The number of carbonyl (C=O) groups excluding carboxylic acids is 3. The molecule has 1 aromatic heterocycles. The number of anilines is 1. The van der Waals surface area contributed by atoms with Crippen LogP contribution in [-0.4, -0.2) is 29.3 Å². The smallest absolute Gasteiger partial charge is 0.251 e. The van der Waals surface area contributed by atoms with Crippen molar-refractivity contribution in [2.75, 3.05) is 11.9 Å². The minimum absolute atomic E-state index is 0.0373. The van der Waals surface area contributed by atoms with Crippen LogP contribution in [0.25, 0.3) is 0 Å². The lowest BCUT2D eigenvalue weighted by Gasteiger charge is -2.05. The van der Waals surface area contributed by atoms with Crippen LogP contribution in [0.2, 0.25) is 0 Å². The molecule has 0 aliphatic rings. The van der Waals surface area contributed by atoms with Gasteiger partial charge in [0, 0.05) is 28.4 Å². The maximum atomic E-state index is 11.9. The van der Waals surface area contributed by atoms with Gasteiger partial charge in [0.05, 0.1) is 12.1 Å². The molecule has 0 saturated heterocycles. The summed E-state index contributed by atoms with van der Waals surface area (Å²) < 4.78 is 0.887. The fraction of sp³-hybridized carbons (Fsp3) is 0.200. The lowest BCUT2D eigenvalue weighted by atomic mass is 10.2. The zero-order valence-corrected chi connectivity index (χ0v) is 14.9. The average molecular weight is 411 g/mol. The van der Waals surface area contributed by atoms with Crippen LogP contribution < -0.4 is 16.4 Å². The van der Waals surface area contributed by atoms with Gasteiger partial charge in [0.25, 0.3) is 5.91 Å². The summed E-state index contributed by atoms with van der Waals surface area (Å²) in [6.07, 6.45) is 0.155. The number of benzene rings is 1. The van der Waals surface area contributed by atoms with Crippen LogP contribution in [0.15, 0.2) is 34.1 Å². The van der Waals surface area contributed by atoms with Gasteiger partial charge >= 0.3 is 0 Å². The maximum Gasteiger partial charge on any atom is 0.251 e. The Balaban J connectivity index is 1.75. The molecule has 0 spiro atoms. The first kappa shape index (κ1) is 18.1. The number of nitrogens with two attached hydrogens (primary N) is 1. The lowest BCUT2D eigenvalue weighted by molar-refractivity contribution is -0.117. The SMILES string of the molecule is NC(=O)Cc1csc(NC(=O)CCNC(=O)c2ccc(Br)cc2)n1. The molecule has 2 aromatic rings. The molecule has 0 aliphatic heterocycles. The normalized spacial score (nSPS) is 10.2. The first-order valence-electron chi connectivity index (χ1n) is 7.00. The molecular formula is C15H15BrN4O3S. The summed E-state index contributed by atoms with van der Waals surface area (Å²) in [5.41, 5.74) is 6.12. The van der Waals surface area contributed by atoms with E-state index >= 15 is 0 Å². The molecule has 0 bridgehead atoms. The van der Waals surface area contributed by atoms with Crippen molar-refractivity contribution < 1.29 is 14.4 Å². The molecular weight excluding hydrogens is 396 g/mol. The van der Waals surface area contributed by atoms with Gasteiger partial charge in [0.2, 0.25) is 11.8 Å². The predicted octanol–water partition coefficient (Wildman–Crippen LogP) is 1.69. The van der Waals surface area contributed by atoms with E-state index in [4.69, 9.17) is 5.73 Å². The van der Waals surface area contributed by atoms with E-state index in [2.05, 4.69) is 31.5 Å². The highest BCUT2D eigenvalue weighted by molar-refractivity contribution is 9.10. The molecule has 0 aliphatic carbocycles. The maximum absolute atomic E-state index is 11.9. The molecule has 9 heteroatoms. The van der Waals surface area contributed by atoms with E-state index < -0.39 is 5.91 Å². The van der Waals surface area contributed by atoms with Gasteiger partial charge in [-0.3, -0.25) is 14.4 Å². The fourth-order valence-electron chi connectivity index (χ4n) is 1.80. The molecule has 7 nitrogen and oxygen atoms in total. The topological polar surface area (TPSA) is 114 Å². The summed E-state index contributed by atoms with van der Waals surface area (Å²) in [4.78, 5) is 38.6. The summed E-state index contributed by atoms with van der Waals surface area (Å²) in [5, 5.41) is 7.35. The molecule has 0 radical (unpaired) electrons. The van der Waals surface area contributed by atoms with Gasteiger partial charge in [-0.05, 0) is 24.3 Å². The number of hydrogen-bond donors (Lipinski definition) is 3. The van der Waals surface area contributed by atoms with E-state index in [1.165, 1.54) is 11.3 Å². The Morgan fingerprint density at radius 3 is 2.58 bits per heavy atom. The molecule has 1 heterocycles. The zero-order chi connectivity index (χ0) is 17.5. The highest BCUT2D eigenvalue weighted by Crippen LogP contribution is 2.15. The van der Waals surface area contributed by atoms with Crippen LogP contribution >= 0.6 is 27.3 Å². The summed E-state index contributed by atoms with van der Waals surface area (Å²) >= 11 is 4.51. The second kappa shape index (κ2) is 8.55. The molecule has 24 heavy (non-hydrogen) atoms. The van der Waals surface area contributed by atoms with Crippen LogP contribution in [0.5, 0.6) is 0 Å². The number of hydrogen-bond acceptors (Lipinski definition) is 5. The number of amides is 3. The molecule has 126 valence electrons. The van der Waals surface area contributed by atoms with Crippen molar-refractivity contribution in [3.05, 3.63) is 45.4 Å². The van der Waals surface area contributed by atoms with E-state index in [9.17, 15) is 14.4 Å². The minimum atomic E-state index is -0.478. The van der Waals surface area contributed by atoms with Crippen LogP contribution in [0, 0.1) is 0 Å². The van der Waals surface area contributed by atoms with E-state index in [1.807, 2.05) is 0 Å². The molecule has 4 N–H and O–H groups in total. The van der Waals surface area contributed by atoms with Gasteiger partial charge in [-0.2, -0.15) is 0 Å². The van der Waals surface area contributed by atoms with Gasteiger partial charge in [-0.15, -0.1) is 11.3 Å². The monoisotopic (exact) mass is 410 g/mol. The third-order valence-electron chi connectivity index (χ3n) is 2.90. The quantitative estimate of drug-likeness (QED) is 0.643. The van der Waals surface area contributed by atoms with Gasteiger partial charge in [-0.1, -0.05) is 15.9 Å². The highest BCUT2D eigenvalue weighted by atomic mass is 79.9. The number of primary amides is 1. The van der Waals surface area contributed by atoms with E-state index in [1.54, 1.807) is 29.6 Å². The Kier molecular flexibility index (Phi) is 6.44. The first-order chi connectivity index (χ1) is 11.4. The molecule has 0 saturated carbocycles. The lowest BCUT2D eigenvalue weighted by Crippen LogP contribution is -2.27. The third kappa shape index (κ3) is 5.74. The van der Waals surface area contributed by atoms with Crippen molar-refractivity contribution in [1.82, 2.24) is 10.3 Å². The molecule has 0 fully saturated rings. The number of nitrogens with one attached hydrogen (secondary N) is 2. The Morgan fingerprint density at radius 1 is 1.21 bits per heavy atom. The molecule has 1 aromatic carbocycles. The largest absolute Gasteiger partial charge is 0.369 e. The van der Waals surface area contributed by atoms with Crippen LogP contribution in [0.1, 0.15) is 22.5 Å². The summed E-state index contributed by atoms with van der Waals surface area (Å²) in [7, 11) is 0. The second-order valence-corrected chi connectivity index (χ2v) is 6.62. The number of halogens is 1. The number of carbonyl (C=O) groups is 3. The van der Waals surface area contributed by atoms with E-state index in [0.717, 1.165) is 4.47 Å². The van der Waals surface area contributed by atoms with Crippen molar-refractivity contribution in [3.63, 3.8) is 0 Å². The Bertz CT molecular complexity index is 745. The second-order valence-electron chi connectivity index (χ2n) is 4.85. The first-order valence-corrected chi connectivity index (χ1v) is 8.67. The van der Waals surface area contributed by atoms with Gasteiger partial charge in [0.1, 0.15) is 0 Å². The van der Waals surface area contributed by atoms with Crippen molar-refractivity contribution in [3.8, 4) is 0 Å². The number of aromatic nitrogens is 1. The zero-order valence-electron chi connectivity index (χ0n) is 12.5. The number of rotatable bonds is 7. The molecule has 3 amide bonds. The van der Waals surface area contributed by atoms with Crippen molar-refractivity contribution in [2.24, 2.45) is 5.73 Å². The minimum Gasteiger partial charge on any atom is -0.369 e. The van der Waals surface area contributed by atoms with Gasteiger partial charge in [-0.25, -0.2) is 4.98 Å². The van der Waals surface area contributed by atoms with Crippen LogP contribution in [0.4, 0.5) is 5.13 Å². The summed E-state index contributed by atoms with van der Waals surface area (Å²) in [6, 6.07) is 6.92. The van der Waals surface area contributed by atoms with Gasteiger partial charge in [0.15, 0.2) is 5.13 Å². The summed E-state index contributed by atoms with van der Waals surface area (Å²) in [5.74, 6) is -0.992. The molecule has 2 rings (SSSR count). The molecule has 0 atom stereocenters. The predicted molar refractivity (Wildman–Crippen MR) is 94.7 cm³/mol. The van der Waals surface area contributed by atoms with E-state index in [-0.39, 0.29) is 31.2 Å². The Hall–Kier alpha value is -2.26. The Labute approximate surface area is 150 Å². The van der Waals surface area contributed by atoms with Gasteiger partial charge < -0.3 is 16.4 Å². The van der Waals surface area contributed by atoms with Crippen molar-refractivity contribution in [2.45, 2.75) is 12.8 Å². The van der Waals surface area contributed by atoms with Crippen LogP contribution in [-0.2, 0) is 16.0 Å². The van der Waals surface area contributed by atoms with Crippen molar-refractivity contribution >= 4 is 50.1 Å². The Morgan fingerprint density at radius 2 is 1.92 bits per heavy atom. The standard InChI is InChI=1S/C15H15BrN4O3S/c16-10-3-1-9(2-4-10)14(23)18-6-5-13(22)20-15-19-11(8-24-15)7-12(17)21/h1-4,8H,5-7H2,(H2,17,21)(H,18,23)(H,19,20,22). The summed E-state index contributed by atoms with van der Waals surface area (Å²) in [6.45, 7) is 0.209.